The van der Waals surface area contributed by atoms with E-state index in [1.54, 1.807) is 23.9 Å². The fourth-order valence-corrected chi connectivity index (χ4v) is 4.09. The standard InChI is InChI=1S/C27H24N4O3/c1-2-34-27(33)23-17-24(31(30-23)25-13-6-7-14-28-25)19-11-8-12-20(15-19)29-26(32)22-16-21(22)18-9-4-3-5-10-18/h3-15,17,21-22H,2,16H2,1H3,(H,29,32)/t21-,22+/m0/s1. The second-order valence-corrected chi connectivity index (χ2v) is 8.16. The predicted molar refractivity (Wildman–Crippen MR) is 129 cm³/mol. The highest BCUT2D eigenvalue weighted by atomic mass is 16.5. The number of aromatic nitrogens is 3. The molecule has 170 valence electrons. The molecule has 2 aromatic heterocycles. The van der Waals surface area contributed by atoms with Gasteiger partial charge < -0.3 is 10.1 Å². The SMILES string of the molecule is CCOC(=O)c1cc(-c2cccc(NC(=O)[C@@H]3C[C@H]3c3ccccc3)c2)n(-c2ccccn2)n1. The molecule has 1 aliphatic carbocycles. The van der Waals surface area contributed by atoms with Gasteiger partial charge in [0.15, 0.2) is 11.5 Å². The van der Waals surface area contributed by atoms with E-state index < -0.39 is 5.97 Å². The number of rotatable bonds is 7. The van der Waals surface area contributed by atoms with Gasteiger partial charge in [0.05, 0.1) is 12.3 Å². The van der Waals surface area contributed by atoms with E-state index in [-0.39, 0.29) is 30.0 Å². The van der Waals surface area contributed by atoms with Crippen molar-refractivity contribution in [3.63, 3.8) is 0 Å². The fourth-order valence-electron chi connectivity index (χ4n) is 4.09. The van der Waals surface area contributed by atoms with E-state index in [4.69, 9.17) is 4.74 Å². The number of hydrogen-bond donors (Lipinski definition) is 1. The van der Waals surface area contributed by atoms with Gasteiger partial charge in [0.2, 0.25) is 5.91 Å². The maximum atomic E-state index is 12.9. The average molecular weight is 453 g/mol. The summed E-state index contributed by atoms with van der Waals surface area (Å²) in [6.45, 7) is 2.01. The third-order valence-corrected chi connectivity index (χ3v) is 5.84. The van der Waals surface area contributed by atoms with Crippen molar-refractivity contribution in [2.45, 2.75) is 19.3 Å². The van der Waals surface area contributed by atoms with Crippen LogP contribution in [-0.2, 0) is 9.53 Å². The Morgan fingerprint density at radius 1 is 1.03 bits per heavy atom. The first-order valence-electron chi connectivity index (χ1n) is 11.3. The van der Waals surface area contributed by atoms with Crippen molar-refractivity contribution in [2.75, 3.05) is 11.9 Å². The predicted octanol–water partition coefficient (Wildman–Crippen LogP) is 4.85. The monoisotopic (exact) mass is 452 g/mol. The molecular weight excluding hydrogens is 428 g/mol. The molecule has 2 aromatic carbocycles. The smallest absolute Gasteiger partial charge is 0.358 e. The fraction of sp³-hybridized carbons (Fsp3) is 0.185. The van der Waals surface area contributed by atoms with Crippen LogP contribution in [0.2, 0.25) is 0 Å². The van der Waals surface area contributed by atoms with E-state index >= 15 is 0 Å². The highest BCUT2D eigenvalue weighted by Gasteiger charge is 2.43. The van der Waals surface area contributed by atoms with E-state index in [2.05, 4.69) is 27.5 Å². The summed E-state index contributed by atoms with van der Waals surface area (Å²) in [5.41, 5.74) is 3.55. The highest BCUT2D eigenvalue weighted by molar-refractivity contribution is 5.96. The third kappa shape index (κ3) is 4.45. The van der Waals surface area contributed by atoms with Crippen LogP contribution in [0.3, 0.4) is 0 Å². The van der Waals surface area contributed by atoms with Crippen molar-refractivity contribution in [3.8, 4) is 17.1 Å². The summed E-state index contributed by atoms with van der Waals surface area (Å²) in [5, 5.41) is 7.49. The van der Waals surface area contributed by atoms with Crippen molar-refractivity contribution in [1.82, 2.24) is 14.8 Å². The van der Waals surface area contributed by atoms with E-state index in [1.807, 2.05) is 60.7 Å². The summed E-state index contributed by atoms with van der Waals surface area (Å²) in [7, 11) is 0. The molecule has 34 heavy (non-hydrogen) atoms. The summed E-state index contributed by atoms with van der Waals surface area (Å²) in [6, 6.07) is 24.8. The Balaban J connectivity index is 1.41. The van der Waals surface area contributed by atoms with Crippen LogP contribution in [0.5, 0.6) is 0 Å². The Morgan fingerprint density at radius 3 is 2.62 bits per heavy atom. The number of pyridine rings is 1. The maximum absolute atomic E-state index is 12.9. The zero-order valence-corrected chi connectivity index (χ0v) is 18.7. The van der Waals surface area contributed by atoms with E-state index in [1.165, 1.54) is 5.56 Å². The van der Waals surface area contributed by atoms with Gasteiger partial charge in [-0.25, -0.2) is 14.5 Å². The number of hydrogen-bond acceptors (Lipinski definition) is 5. The first kappa shape index (κ1) is 21.6. The Kier molecular flexibility index (Phi) is 5.91. The van der Waals surface area contributed by atoms with Crippen LogP contribution in [-0.4, -0.2) is 33.2 Å². The number of carbonyl (C=O) groups excluding carboxylic acids is 2. The van der Waals surface area contributed by atoms with Crippen LogP contribution in [0.15, 0.2) is 85.1 Å². The van der Waals surface area contributed by atoms with E-state index in [9.17, 15) is 9.59 Å². The lowest BCUT2D eigenvalue weighted by Gasteiger charge is -2.09. The minimum atomic E-state index is -0.497. The number of esters is 1. The summed E-state index contributed by atoms with van der Waals surface area (Å²) in [4.78, 5) is 29.6. The molecule has 0 radical (unpaired) electrons. The van der Waals surface area contributed by atoms with Crippen molar-refractivity contribution >= 4 is 17.6 Å². The van der Waals surface area contributed by atoms with Crippen molar-refractivity contribution in [3.05, 3.63) is 96.3 Å². The van der Waals surface area contributed by atoms with E-state index in [0.29, 0.717) is 17.2 Å². The lowest BCUT2D eigenvalue weighted by Crippen LogP contribution is -2.14. The third-order valence-electron chi connectivity index (χ3n) is 5.84. The van der Waals surface area contributed by atoms with Gasteiger partial charge in [0, 0.05) is 23.4 Å². The van der Waals surface area contributed by atoms with Crippen LogP contribution in [0, 0.1) is 5.92 Å². The molecular formula is C27H24N4O3. The highest BCUT2D eigenvalue weighted by Crippen LogP contribution is 2.47. The van der Waals surface area contributed by atoms with Gasteiger partial charge in [-0.3, -0.25) is 4.79 Å². The van der Waals surface area contributed by atoms with Gasteiger partial charge >= 0.3 is 5.97 Å². The van der Waals surface area contributed by atoms with Gasteiger partial charge in [0.1, 0.15) is 0 Å². The average Bonchev–Trinajstić information content (AvgIpc) is 3.56. The van der Waals surface area contributed by atoms with Crippen LogP contribution in [0.4, 0.5) is 5.69 Å². The van der Waals surface area contributed by atoms with Crippen LogP contribution in [0.1, 0.15) is 35.3 Å². The van der Waals surface area contributed by atoms with Crippen LogP contribution in [0.25, 0.3) is 17.1 Å². The van der Waals surface area contributed by atoms with Crippen molar-refractivity contribution in [2.24, 2.45) is 5.92 Å². The Bertz CT molecular complexity index is 1320. The van der Waals surface area contributed by atoms with Gasteiger partial charge in [-0.1, -0.05) is 48.5 Å². The molecule has 2 atom stereocenters. The lowest BCUT2D eigenvalue weighted by atomic mass is 10.1. The second-order valence-electron chi connectivity index (χ2n) is 8.16. The van der Waals surface area contributed by atoms with Gasteiger partial charge in [0.25, 0.3) is 0 Å². The number of ether oxygens (including phenoxy) is 1. The molecule has 0 spiro atoms. The molecule has 1 saturated carbocycles. The van der Waals surface area contributed by atoms with Gasteiger partial charge in [-0.05, 0) is 55.2 Å². The Hall–Kier alpha value is -4.26. The molecule has 0 aliphatic heterocycles. The zero-order valence-electron chi connectivity index (χ0n) is 18.7. The van der Waals surface area contributed by atoms with Gasteiger partial charge in [-0.2, -0.15) is 5.10 Å². The number of carbonyl (C=O) groups is 2. The topological polar surface area (TPSA) is 86.1 Å². The Labute approximate surface area is 197 Å². The number of benzene rings is 2. The molecule has 2 heterocycles. The molecule has 5 rings (SSSR count). The molecule has 4 aromatic rings. The summed E-state index contributed by atoms with van der Waals surface area (Å²) >= 11 is 0. The Morgan fingerprint density at radius 2 is 1.85 bits per heavy atom. The van der Waals surface area contributed by atoms with Crippen molar-refractivity contribution < 1.29 is 14.3 Å². The number of nitrogens with zero attached hydrogens (tertiary/aromatic N) is 3. The van der Waals surface area contributed by atoms with Crippen molar-refractivity contribution in [1.29, 1.82) is 0 Å². The molecule has 1 aliphatic rings. The minimum absolute atomic E-state index is 0.0106. The molecule has 7 nitrogen and oxygen atoms in total. The number of amides is 1. The lowest BCUT2D eigenvalue weighted by molar-refractivity contribution is -0.117. The number of nitrogens with one attached hydrogen (secondary N) is 1. The molecule has 1 fully saturated rings. The molecule has 7 heteroatoms. The molecule has 0 unspecified atom stereocenters. The first-order chi connectivity index (χ1) is 16.6. The zero-order chi connectivity index (χ0) is 23.5. The largest absolute Gasteiger partial charge is 0.461 e. The van der Waals surface area contributed by atoms with Gasteiger partial charge in [-0.15, -0.1) is 0 Å². The maximum Gasteiger partial charge on any atom is 0.358 e. The molecule has 0 saturated heterocycles. The summed E-state index contributed by atoms with van der Waals surface area (Å²) < 4.78 is 6.74. The quantitative estimate of drug-likeness (QED) is 0.405. The molecule has 0 bridgehead atoms. The summed E-state index contributed by atoms with van der Waals surface area (Å²) in [5.74, 6) is 0.328. The van der Waals surface area contributed by atoms with E-state index in [0.717, 1.165) is 12.0 Å². The summed E-state index contributed by atoms with van der Waals surface area (Å²) in [6.07, 6.45) is 2.52. The molecule has 1 amide bonds. The minimum Gasteiger partial charge on any atom is -0.461 e. The first-order valence-corrected chi connectivity index (χ1v) is 11.3. The van der Waals surface area contributed by atoms with Crippen LogP contribution < -0.4 is 5.32 Å². The second kappa shape index (κ2) is 9.31. The number of anilines is 1. The normalized spacial score (nSPS) is 16.6. The van der Waals surface area contributed by atoms with Crippen LogP contribution >= 0.6 is 0 Å². The molecule has 1 N–H and O–H groups in total.